The lowest BCUT2D eigenvalue weighted by Gasteiger charge is -2.28. The SMILES string of the molecule is CCOC(=O)CC[C@@H](NC(=O)[C@H](CC1CC1)NC(=O)C(C)(C)c1ccc(Cl)cc1)C(=O)OCC. The van der Waals surface area contributed by atoms with Gasteiger partial charge in [0.25, 0.3) is 0 Å². The highest BCUT2D eigenvalue weighted by Crippen LogP contribution is 2.34. The zero-order valence-electron chi connectivity index (χ0n) is 20.3. The number of hydrogen-bond donors (Lipinski definition) is 2. The third kappa shape index (κ3) is 8.31. The highest BCUT2D eigenvalue weighted by Gasteiger charge is 2.37. The second-order valence-electron chi connectivity index (χ2n) is 8.99. The normalized spacial score (nSPS) is 15.1. The molecule has 0 radical (unpaired) electrons. The Morgan fingerprint density at radius 1 is 1.00 bits per heavy atom. The lowest BCUT2D eigenvalue weighted by Crippen LogP contribution is -2.54. The van der Waals surface area contributed by atoms with E-state index in [1.807, 2.05) is 0 Å². The van der Waals surface area contributed by atoms with Crippen molar-refractivity contribution in [2.24, 2.45) is 5.92 Å². The van der Waals surface area contributed by atoms with Gasteiger partial charge in [-0.15, -0.1) is 0 Å². The van der Waals surface area contributed by atoms with E-state index in [1.165, 1.54) is 0 Å². The van der Waals surface area contributed by atoms with E-state index in [4.69, 9.17) is 21.1 Å². The number of ether oxygens (including phenoxy) is 2. The molecule has 2 N–H and O–H groups in total. The van der Waals surface area contributed by atoms with Crippen LogP contribution in [0.25, 0.3) is 0 Å². The van der Waals surface area contributed by atoms with Crippen molar-refractivity contribution in [3.63, 3.8) is 0 Å². The first-order valence-corrected chi connectivity index (χ1v) is 12.2. The van der Waals surface area contributed by atoms with Crippen molar-refractivity contribution in [3.05, 3.63) is 34.9 Å². The number of benzene rings is 1. The average Bonchev–Trinajstić information content (AvgIpc) is 3.60. The average molecular weight is 495 g/mol. The number of hydrogen-bond acceptors (Lipinski definition) is 6. The summed E-state index contributed by atoms with van der Waals surface area (Å²) in [6.07, 6.45) is 2.46. The van der Waals surface area contributed by atoms with Crippen molar-refractivity contribution in [2.75, 3.05) is 13.2 Å². The third-order valence-corrected chi connectivity index (χ3v) is 6.10. The fourth-order valence-electron chi connectivity index (χ4n) is 3.51. The van der Waals surface area contributed by atoms with Crippen molar-refractivity contribution in [3.8, 4) is 0 Å². The summed E-state index contributed by atoms with van der Waals surface area (Å²) >= 11 is 5.97. The summed E-state index contributed by atoms with van der Waals surface area (Å²) in [6, 6.07) is 5.17. The van der Waals surface area contributed by atoms with Crippen LogP contribution in [0, 0.1) is 5.92 Å². The number of amides is 2. The molecule has 1 saturated carbocycles. The minimum absolute atomic E-state index is 0.0408. The molecular weight excluding hydrogens is 460 g/mol. The molecule has 0 aliphatic heterocycles. The summed E-state index contributed by atoms with van der Waals surface area (Å²) in [5.74, 6) is -1.53. The Labute approximate surface area is 206 Å². The second kappa shape index (κ2) is 12.7. The zero-order chi connectivity index (χ0) is 25.3. The van der Waals surface area contributed by atoms with Crippen LogP contribution in [0.5, 0.6) is 0 Å². The fourth-order valence-corrected chi connectivity index (χ4v) is 3.64. The van der Waals surface area contributed by atoms with Gasteiger partial charge < -0.3 is 20.1 Å². The Morgan fingerprint density at radius 3 is 2.18 bits per heavy atom. The molecule has 0 heterocycles. The molecule has 0 spiro atoms. The number of nitrogens with one attached hydrogen (secondary N) is 2. The molecule has 0 bridgehead atoms. The molecule has 1 aromatic carbocycles. The van der Waals surface area contributed by atoms with Crippen LogP contribution in [-0.4, -0.2) is 49.1 Å². The van der Waals surface area contributed by atoms with Gasteiger partial charge in [0.1, 0.15) is 12.1 Å². The summed E-state index contributed by atoms with van der Waals surface area (Å²) < 4.78 is 9.99. The van der Waals surface area contributed by atoms with Crippen LogP contribution in [0.4, 0.5) is 0 Å². The van der Waals surface area contributed by atoms with Gasteiger partial charge in [-0.3, -0.25) is 14.4 Å². The predicted molar refractivity (Wildman–Crippen MR) is 128 cm³/mol. The fraction of sp³-hybridized carbons (Fsp3) is 0.600. The first kappa shape index (κ1) is 27.6. The maximum absolute atomic E-state index is 13.2. The Bertz CT molecular complexity index is 867. The standard InChI is InChI=1S/C25H35ClN2O6/c1-5-33-21(29)14-13-19(23(31)34-6-2)27-22(30)20(15-16-7-8-16)28-24(32)25(3,4)17-9-11-18(26)12-10-17/h9-12,16,19-20H,5-8,13-15H2,1-4H3,(H,27,30)(H,28,32)/t19-,20+/m1/s1. The molecule has 2 atom stereocenters. The minimum Gasteiger partial charge on any atom is -0.466 e. The largest absolute Gasteiger partial charge is 0.466 e. The second-order valence-corrected chi connectivity index (χ2v) is 9.43. The molecule has 188 valence electrons. The molecule has 8 nitrogen and oxygen atoms in total. The molecular formula is C25H35ClN2O6. The van der Waals surface area contributed by atoms with E-state index in [0.717, 1.165) is 18.4 Å². The van der Waals surface area contributed by atoms with Crippen LogP contribution in [0.3, 0.4) is 0 Å². The Kier molecular flexibility index (Phi) is 10.4. The van der Waals surface area contributed by atoms with E-state index >= 15 is 0 Å². The van der Waals surface area contributed by atoms with Crippen LogP contribution < -0.4 is 10.6 Å². The number of halogens is 1. The van der Waals surface area contributed by atoms with Crippen molar-refractivity contribution in [1.29, 1.82) is 0 Å². The summed E-state index contributed by atoms with van der Waals surface area (Å²) in [5.41, 5.74) is -0.143. The molecule has 2 amide bonds. The molecule has 1 aliphatic rings. The van der Waals surface area contributed by atoms with Crippen molar-refractivity contribution < 1.29 is 28.7 Å². The van der Waals surface area contributed by atoms with Gasteiger partial charge in [-0.1, -0.05) is 36.6 Å². The lowest BCUT2D eigenvalue weighted by atomic mass is 9.83. The van der Waals surface area contributed by atoms with Gasteiger partial charge in [0.2, 0.25) is 11.8 Å². The van der Waals surface area contributed by atoms with Crippen molar-refractivity contribution in [1.82, 2.24) is 10.6 Å². The highest BCUT2D eigenvalue weighted by atomic mass is 35.5. The smallest absolute Gasteiger partial charge is 0.328 e. The summed E-state index contributed by atoms with van der Waals surface area (Å²) in [6.45, 7) is 7.28. The molecule has 1 fully saturated rings. The number of carbonyl (C=O) groups excluding carboxylic acids is 4. The van der Waals surface area contributed by atoms with E-state index in [1.54, 1.807) is 52.0 Å². The molecule has 2 rings (SSSR count). The predicted octanol–water partition coefficient (Wildman–Crippen LogP) is 3.29. The topological polar surface area (TPSA) is 111 Å². The van der Waals surface area contributed by atoms with Gasteiger partial charge in [0.15, 0.2) is 0 Å². The molecule has 0 unspecified atom stereocenters. The van der Waals surface area contributed by atoms with E-state index in [2.05, 4.69) is 10.6 Å². The molecule has 0 aromatic heterocycles. The summed E-state index contributed by atoms with van der Waals surface area (Å²) in [4.78, 5) is 50.5. The number of rotatable bonds is 13. The van der Waals surface area contributed by atoms with E-state index < -0.39 is 35.3 Å². The highest BCUT2D eigenvalue weighted by molar-refractivity contribution is 6.30. The Morgan fingerprint density at radius 2 is 1.62 bits per heavy atom. The first-order chi connectivity index (χ1) is 16.1. The monoisotopic (exact) mass is 494 g/mol. The summed E-state index contributed by atoms with van der Waals surface area (Å²) in [7, 11) is 0. The molecule has 1 aromatic rings. The lowest BCUT2D eigenvalue weighted by molar-refractivity contribution is -0.149. The van der Waals surface area contributed by atoms with Gasteiger partial charge in [-0.05, 0) is 64.2 Å². The van der Waals surface area contributed by atoms with Gasteiger partial charge in [-0.2, -0.15) is 0 Å². The van der Waals surface area contributed by atoms with Crippen LogP contribution in [0.1, 0.15) is 65.4 Å². The van der Waals surface area contributed by atoms with E-state index in [-0.39, 0.29) is 32.0 Å². The van der Waals surface area contributed by atoms with Gasteiger partial charge in [0.05, 0.1) is 18.6 Å². The van der Waals surface area contributed by atoms with E-state index in [0.29, 0.717) is 17.4 Å². The number of esters is 2. The first-order valence-electron chi connectivity index (χ1n) is 11.8. The quantitative estimate of drug-likeness (QED) is 0.407. The van der Waals surface area contributed by atoms with Crippen LogP contribution in [0.2, 0.25) is 5.02 Å². The van der Waals surface area contributed by atoms with Crippen LogP contribution in [0.15, 0.2) is 24.3 Å². The van der Waals surface area contributed by atoms with Crippen LogP contribution in [-0.2, 0) is 34.1 Å². The van der Waals surface area contributed by atoms with Crippen molar-refractivity contribution >= 4 is 35.4 Å². The van der Waals surface area contributed by atoms with Gasteiger partial charge in [0, 0.05) is 11.4 Å². The maximum atomic E-state index is 13.2. The Hall–Kier alpha value is -2.61. The number of carbonyl (C=O) groups is 4. The molecule has 1 aliphatic carbocycles. The molecule has 34 heavy (non-hydrogen) atoms. The minimum atomic E-state index is -1.01. The van der Waals surface area contributed by atoms with Crippen molar-refractivity contribution in [2.45, 2.75) is 77.3 Å². The van der Waals surface area contributed by atoms with Gasteiger partial charge >= 0.3 is 11.9 Å². The molecule has 0 saturated heterocycles. The third-order valence-electron chi connectivity index (χ3n) is 5.85. The molecule has 9 heteroatoms. The Balaban J connectivity index is 2.12. The van der Waals surface area contributed by atoms with Crippen LogP contribution >= 0.6 is 11.6 Å². The van der Waals surface area contributed by atoms with Gasteiger partial charge in [-0.25, -0.2) is 4.79 Å². The summed E-state index contributed by atoms with van der Waals surface area (Å²) in [5, 5.41) is 6.13. The van der Waals surface area contributed by atoms with E-state index in [9.17, 15) is 19.2 Å². The zero-order valence-corrected chi connectivity index (χ0v) is 21.1. The maximum Gasteiger partial charge on any atom is 0.328 e.